The predicted molar refractivity (Wildman–Crippen MR) is 127 cm³/mol. The van der Waals surface area contributed by atoms with Crippen molar-refractivity contribution < 1.29 is 14.6 Å². The minimum atomic E-state index is -1.01. The van der Waals surface area contributed by atoms with Crippen LogP contribution in [0.4, 0.5) is 0 Å². The van der Waals surface area contributed by atoms with Crippen LogP contribution in [0.2, 0.25) is 0 Å². The van der Waals surface area contributed by atoms with E-state index in [4.69, 9.17) is 10.6 Å². The summed E-state index contributed by atoms with van der Waals surface area (Å²) in [6, 6.07) is 16.3. The molecule has 0 bridgehead atoms. The second kappa shape index (κ2) is 9.40. The normalized spacial score (nSPS) is 18.7. The summed E-state index contributed by atoms with van der Waals surface area (Å²) in [4.78, 5) is 16.0. The molecule has 166 valence electrons. The Hall–Kier alpha value is -3.38. The van der Waals surface area contributed by atoms with Crippen molar-refractivity contribution in [1.29, 1.82) is 0 Å². The van der Waals surface area contributed by atoms with E-state index in [0.717, 1.165) is 59.4 Å². The number of allylic oxidation sites excluding steroid dienone is 2. The van der Waals surface area contributed by atoms with Gasteiger partial charge in [0.2, 0.25) is 0 Å². The van der Waals surface area contributed by atoms with Gasteiger partial charge in [-0.3, -0.25) is 5.01 Å². The zero-order chi connectivity index (χ0) is 22.7. The molecule has 0 aromatic heterocycles. The molecule has 0 atom stereocenters. The fourth-order valence-corrected chi connectivity index (χ4v) is 4.53. The van der Waals surface area contributed by atoms with Gasteiger partial charge in [-0.1, -0.05) is 55.7 Å². The van der Waals surface area contributed by atoms with Crippen LogP contribution < -0.4 is 10.6 Å². The number of nitrogens with two attached hydrogens (primary N) is 1. The van der Waals surface area contributed by atoms with Crippen LogP contribution in [-0.4, -0.2) is 29.4 Å². The van der Waals surface area contributed by atoms with Gasteiger partial charge < -0.3 is 9.84 Å². The molecule has 6 nitrogen and oxygen atoms in total. The maximum atomic E-state index is 11.6. The number of ether oxygens (including phenoxy) is 1. The number of methoxy groups -OCH3 is 1. The summed E-state index contributed by atoms with van der Waals surface area (Å²) in [5.74, 6) is 6.89. The third-order valence-corrected chi connectivity index (χ3v) is 6.33. The predicted octanol–water partition coefficient (Wildman–Crippen LogP) is 5.23. The van der Waals surface area contributed by atoms with E-state index < -0.39 is 5.97 Å². The van der Waals surface area contributed by atoms with Crippen LogP contribution in [0.15, 0.2) is 70.6 Å². The Balaban J connectivity index is 1.75. The zero-order valence-electron chi connectivity index (χ0n) is 18.5. The molecule has 2 aromatic rings. The van der Waals surface area contributed by atoms with E-state index in [1.165, 1.54) is 11.4 Å². The number of rotatable bonds is 5. The molecule has 0 spiro atoms. The fourth-order valence-electron chi connectivity index (χ4n) is 4.53. The lowest BCUT2D eigenvalue weighted by molar-refractivity contribution is -0.132. The molecule has 1 aliphatic heterocycles. The number of carboxylic acid groups (broad SMARTS) is 1. The van der Waals surface area contributed by atoms with E-state index in [1.807, 2.05) is 18.2 Å². The first-order chi connectivity index (χ1) is 15.5. The van der Waals surface area contributed by atoms with Crippen molar-refractivity contribution in [3.8, 4) is 16.9 Å². The van der Waals surface area contributed by atoms with Crippen molar-refractivity contribution >= 4 is 17.8 Å². The number of benzene rings is 2. The Morgan fingerprint density at radius 3 is 2.41 bits per heavy atom. The van der Waals surface area contributed by atoms with E-state index in [2.05, 4.69) is 35.3 Å². The van der Waals surface area contributed by atoms with Gasteiger partial charge in [-0.15, -0.1) is 0 Å². The zero-order valence-corrected chi connectivity index (χ0v) is 18.5. The minimum absolute atomic E-state index is 0.143. The first kappa shape index (κ1) is 21.8. The monoisotopic (exact) mass is 431 g/mol. The highest BCUT2D eigenvalue weighted by Gasteiger charge is 2.30. The first-order valence-corrected chi connectivity index (χ1v) is 11.0. The molecule has 0 radical (unpaired) electrons. The molecule has 1 fully saturated rings. The van der Waals surface area contributed by atoms with Crippen molar-refractivity contribution in [3.63, 3.8) is 0 Å². The van der Waals surface area contributed by atoms with E-state index in [0.29, 0.717) is 5.82 Å². The van der Waals surface area contributed by atoms with Crippen LogP contribution in [-0.2, 0) is 4.79 Å². The number of aliphatic imine (C=N–C) groups is 1. The summed E-state index contributed by atoms with van der Waals surface area (Å²) in [5, 5.41) is 11.0. The van der Waals surface area contributed by atoms with Crippen molar-refractivity contribution in [3.05, 3.63) is 71.2 Å². The molecule has 3 N–H and O–H groups in total. The Morgan fingerprint density at radius 1 is 1.06 bits per heavy atom. The summed E-state index contributed by atoms with van der Waals surface area (Å²) in [6.45, 7) is 1.54. The van der Waals surface area contributed by atoms with Crippen LogP contribution in [0.5, 0.6) is 5.75 Å². The van der Waals surface area contributed by atoms with Crippen molar-refractivity contribution in [2.24, 2.45) is 16.8 Å². The highest BCUT2D eigenvalue weighted by atomic mass is 16.5. The Bertz CT molecular complexity index is 1090. The largest absolute Gasteiger partial charge is 0.497 e. The van der Waals surface area contributed by atoms with Gasteiger partial charge in [-0.05, 0) is 48.6 Å². The van der Waals surface area contributed by atoms with E-state index in [-0.39, 0.29) is 11.5 Å². The fraction of sp³-hybridized carbons (Fsp3) is 0.308. The van der Waals surface area contributed by atoms with Gasteiger partial charge in [-0.2, -0.15) is 0 Å². The molecular weight excluding hydrogens is 402 g/mol. The van der Waals surface area contributed by atoms with Crippen LogP contribution in [0.3, 0.4) is 0 Å². The van der Waals surface area contributed by atoms with Gasteiger partial charge in [-0.25, -0.2) is 15.6 Å². The van der Waals surface area contributed by atoms with Gasteiger partial charge in [0.15, 0.2) is 5.82 Å². The molecule has 2 aliphatic rings. The molecule has 32 heavy (non-hydrogen) atoms. The number of aliphatic carboxylic acids is 1. The van der Waals surface area contributed by atoms with Crippen molar-refractivity contribution in [2.75, 3.05) is 7.11 Å². The summed E-state index contributed by atoms with van der Waals surface area (Å²) in [5.41, 5.74) is 5.25. The molecule has 0 unspecified atom stereocenters. The van der Waals surface area contributed by atoms with E-state index >= 15 is 0 Å². The van der Waals surface area contributed by atoms with Crippen molar-refractivity contribution in [2.45, 2.75) is 39.0 Å². The highest BCUT2D eigenvalue weighted by Crippen LogP contribution is 2.39. The lowest BCUT2D eigenvalue weighted by Crippen LogP contribution is -2.37. The number of hydrogen-bond acceptors (Lipinski definition) is 5. The topological polar surface area (TPSA) is 88.2 Å². The molecule has 1 saturated carbocycles. The summed E-state index contributed by atoms with van der Waals surface area (Å²) in [6.07, 6.45) is 7.39. The SMILES string of the molecule is COc1cccc(-c2ccc(C3=C(C4CCCCC4)N(N)/C(=C(\C)C(=O)O)N=C3)cc2)c1. The molecule has 0 amide bonds. The lowest BCUT2D eigenvalue weighted by Gasteiger charge is -2.35. The van der Waals surface area contributed by atoms with Crippen LogP contribution in [0.1, 0.15) is 44.6 Å². The number of carbonyl (C=O) groups is 1. The minimum Gasteiger partial charge on any atom is -0.497 e. The smallest absolute Gasteiger partial charge is 0.335 e. The Morgan fingerprint density at radius 2 is 1.75 bits per heavy atom. The third-order valence-electron chi connectivity index (χ3n) is 6.33. The van der Waals surface area contributed by atoms with E-state index in [9.17, 15) is 9.90 Å². The van der Waals surface area contributed by atoms with Gasteiger partial charge in [0.25, 0.3) is 0 Å². The summed E-state index contributed by atoms with van der Waals surface area (Å²) in [7, 11) is 1.66. The molecule has 0 saturated heterocycles. The number of hydrogen-bond donors (Lipinski definition) is 2. The highest BCUT2D eigenvalue weighted by molar-refractivity contribution is 6.12. The average molecular weight is 432 g/mol. The molecule has 6 heteroatoms. The van der Waals surface area contributed by atoms with Gasteiger partial charge in [0.05, 0.1) is 12.7 Å². The quantitative estimate of drug-likeness (QED) is 0.500. The molecule has 4 rings (SSSR count). The van der Waals surface area contributed by atoms with Crippen molar-refractivity contribution in [1.82, 2.24) is 5.01 Å². The number of hydrazine groups is 1. The maximum Gasteiger partial charge on any atom is 0.335 e. The second-order valence-electron chi connectivity index (χ2n) is 8.33. The first-order valence-electron chi connectivity index (χ1n) is 11.0. The number of nitrogens with zero attached hydrogens (tertiary/aromatic N) is 2. The standard InChI is InChI=1S/C26H29N3O3/c1-17(26(30)31)25-28-16-23(24(29(25)27)20-7-4-3-5-8-20)19-13-11-18(12-14-19)21-9-6-10-22(15-21)32-2/h6,9-16,20H,3-5,7-8,27H2,1-2H3,(H,30,31)/b25-17+. The van der Waals surface area contributed by atoms with Crippen LogP contribution >= 0.6 is 0 Å². The maximum absolute atomic E-state index is 11.6. The summed E-state index contributed by atoms with van der Waals surface area (Å²) < 4.78 is 5.34. The molecular formula is C26H29N3O3. The van der Waals surface area contributed by atoms with Gasteiger partial charge in [0.1, 0.15) is 5.75 Å². The lowest BCUT2D eigenvalue weighted by atomic mass is 9.83. The number of carboxylic acids is 1. The molecule has 1 aliphatic carbocycles. The average Bonchev–Trinajstić information content (AvgIpc) is 2.84. The van der Waals surface area contributed by atoms with Gasteiger partial charge >= 0.3 is 5.97 Å². The second-order valence-corrected chi connectivity index (χ2v) is 8.33. The van der Waals surface area contributed by atoms with Crippen LogP contribution in [0.25, 0.3) is 16.7 Å². The van der Waals surface area contributed by atoms with E-state index in [1.54, 1.807) is 20.2 Å². The third kappa shape index (κ3) is 4.32. The summed E-state index contributed by atoms with van der Waals surface area (Å²) >= 11 is 0. The molecule has 2 aromatic carbocycles. The Kier molecular flexibility index (Phi) is 6.42. The molecule has 1 heterocycles. The van der Waals surface area contributed by atoms with Gasteiger partial charge in [0, 0.05) is 23.4 Å². The Labute approximate surface area is 188 Å². The van der Waals surface area contributed by atoms with Crippen LogP contribution in [0, 0.1) is 5.92 Å².